The van der Waals surface area contributed by atoms with Gasteiger partial charge in [-0.25, -0.2) is 0 Å². The quantitative estimate of drug-likeness (QED) is 0.821. The molecule has 1 aromatic rings. The van der Waals surface area contributed by atoms with Crippen molar-refractivity contribution < 1.29 is 14.3 Å². The van der Waals surface area contributed by atoms with E-state index in [1.807, 2.05) is 32.0 Å². The van der Waals surface area contributed by atoms with Crippen molar-refractivity contribution >= 4 is 5.78 Å². The average Bonchev–Trinajstić information content (AvgIpc) is 2.41. The third-order valence-electron chi connectivity index (χ3n) is 3.75. The smallest absolute Gasteiger partial charge is 0.161 e. The fourth-order valence-electron chi connectivity index (χ4n) is 2.75. The van der Waals surface area contributed by atoms with Crippen molar-refractivity contribution in [3.8, 4) is 11.5 Å². The van der Waals surface area contributed by atoms with Gasteiger partial charge >= 0.3 is 0 Å². The molecule has 20 heavy (non-hydrogen) atoms. The van der Waals surface area contributed by atoms with Gasteiger partial charge in [-0.1, -0.05) is 12.5 Å². The molecule has 0 amide bonds. The first-order valence-corrected chi connectivity index (χ1v) is 7.46. The Morgan fingerprint density at radius 3 is 2.70 bits per heavy atom. The second kappa shape index (κ2) is 6.78. The van der Waals surface area contributed by atoms with Crippen molar-refractivity contribution in [1.82, 2.24) is 0 Å². The van der Waals surface area contributed by atoms with E-state index >= 15 is 0 Å². The third-order valence-corrected chi connectivity index (χ3v) is 3.75. The van der Waals surface area contributed by atoms with Crippen LogP contribution in [0.15, 0.2) is 18.2 Å². The number of carbonyl (C=O) groups is 1. The molecular weight excluding hydrogens is 252 g/mol. The van der Waals surface area contributed by atoms with Crippen LogP contribution in [0.3, 0.4) is 0 Å². The number of ether oxygens (including phenoxy) is 2. The molecule has 2 rings (SSSR count). The van der Waals surface area contributed by atoms with E-state index in [1.54, 1.807) is 7.11 Å². The van der Waals surface area contributed by atoms with Crippen molar-refractivity contribution in [1.29, 1.82) is 0 Å². The van der Waals surface area contributed by atoms with Gasteiger partial charge in [0.05, 0.1) is 13.2 Å². The zero-order valence-electron chi connectivity index (χ0n) is 12.6. The summed E-state index contributed by atoms with van der Waals surface area (Å²) in [7, 11) is 1.65. The van der Waals surface area contributed by atoms with Gasteiger partial charge in [-0.3, -0.25) is 4.79 Å². The van der Waals surface area contributed by atoms with Crippen LogP contribution in [0.25, 0.3) is 0 Å². The lowest BCUT2D eigenvalue weighted by atomic mass is 9.84. The molecule has 1 aliphatic rings. The molecule has 1 fully saturated rings. The fraction of sp³-hybridized carbons (Fsp3) is 0.588. The number of carbonyl (C=O) groups excluding carboxylic acids is 1. The Bertz CT molecular complexity index is 465. The number of Topliss-reactive ketones (excluding diaryl/α,β-unsaturated/α-hetero) is 1. The van der Waals surface area contributed by atoms with E-state index in [0.29, 0.717) is 5.78 Å². The predicted molar refractivity (Wildman–Crippen MR) is 79.4 cm³/mol. The molecule has 1 atom stereocenters. The molecule has 3 nitrogen and oxygen atoms in total. The van der Waals surface area contributed by atoms with E-state index in [9.17, 15) is 4.79 Å². The Morgan fingerprint density at radius 2 is 2.05 bits per heavy atom. The molecule has 0 radical (unpaired) electrons. The standard InChI is InChI=1S/C17H24O3/c1-12(2)20-17-11-13(8-9-16(17)19-3)10-14-6-4-5-7-15(14)18/h8-9,11-12,14H,4-7,10H2,1-3H3. The second-order valence-electron chi connectivity index (χ2n) is 5.76. The minimum atomic E-state index is 0.107. The maximum atomic E-state index is 11.9. The molecule has 1 unspecified atom stereocenters. The molecule has 3 heteroatoms. The zero-order chi connectivity index (χ0) is 14.5. The van der Waals surface area contributed by atoms with Crippen LogP contribution in [0.5, 0.6) is 11.5 Å². The molecule has 0 bridgehead atoms. The summed E-state index contributed by atoms with van der Waals surface area (Å²) in [4.78, 5) is 11.9. The van der Waals surface area contributed by atoms with Gasteiger partial charge in [-0.15, -0.1) is 0 Å². The van der Waals surface area contributed by atoms with Gasteiger partial charge in [0.25, 0.3) is 0 Å². The summed E-state index contributed by atoms with van der Waals surface area (Å²) < 4.78 is 11.1. The first-order valence-electron chi connectivity index (χ1n) is 7.46. The molecule has 0 aromatic heterocycles. The number of hydrogen-bond acceptors (Lipinski definition) is 3. The summed E-state index contributed by atoms with van der Waals surface area (Å²) in [6.07, 6.45) is 4.91. The van der Waals surface area contributed by atoms with Crippen LogP contribution in [-0.4, -0.2) is 19.0 Å². The van der Waals surface area contributed by atoms with Gasteiger partial charge in [-0.2, -0.15) is 0 Å². The SMILES string of the molecule is COc1ccc(CC2CCCCC2=O)cc1OC(C)C. The highest BCUT2D eigenvalue weighted by atomic mass is 16.5. The number of benzene rings is 1. The number of ketones is 1. The minimum Gasteiger partial charge on any atom is -0.493 e. The Hall–Kier alpha value is -1.51. The first-order chi connectivity index (χ1) is 9.60. The summed E-state index contributed by atoms with van der Waals surface area (Å²) in [5.41, 5.74) is 1.15. The van der Waals surface area contributed by atoms with E-state index in [2.05, 4.69) is 0 Å². The molecule has 0 heterocycles. The monoisotopic (exact) mass is 276 g/mol. The Kier molecular flexibility index (Phi) is 5.05. The van der Waals surface area contributed by atoms with E-state index < -0.39 is 0 Å². The van der Waals surface area contributed by atoms with Crippen LogP contribution >= 0.6 is 0 Å². The highest BCUT2D eigenvalue weighted by Gasteiger charge is 2.22. The van der Waals surface area contributed by atoms with Crippen LogP contribution < -0.4 is 9.47 Å². The Balaban J connectivity index is 2.13. The lowest BCUT2D eigenvalue weighted by Crippen LogP contribution is -2.21. The number of rotatable bonds is 5. The van der Waals surface area contributed by atoms with E-state index in [1.165, 1.54) is 6.42 Å². The van der Waals surface area contributed by atoms with Crippen LogP contribution in [0.1, 0.15) is 45.1 Å². The summed E-state index contributed by atoms with van der Waals surface area (Å²) in [5.74, 6) is 2.11. The molecule has 1 aromatic carbocycles. The third kappa shape index (κ3) is 3.75. The van der Waals surface area contributed by atoms with Gasteiger partial charge in [0, 0.05) is 12.3 Å². The lowest BCUT2D eigenvalue weighted by Gasteiger charge is -2.21. The molecule has 0 saturated heterocycles. The van der Waals surface area contributed by atoms with Crippen LogP contribution in [0, 0.1) is 5.92 Å². The van der Waals surface area contributed by atoms with Gasteiger partial charge < -0.3 is 9.47 Å². The van der Waals surface area contributed by atoms with Crippen LogP contribution in [0.2, 0.25) is 0 Å². The fourth-order valence-corrected chi connectivity index (χ4v) is 2.75. The molecule has 0 aliphatic heterocycles. The summed E-state index contributed by atoms with van der Waals surface area (Å²) in [6, 6.07) is 5.98. The first kappa shape index (κ1) is 14.9. The molecule has 1 saturated carbocycles. The second-order valence-corrected chi connectivity index (χ2v) is 5.76. The van der Waals surface area contributed by atoms with Gasteiger partial charge in [0.1, 0.15) is 5.78 Å². The highest BCUT2D eigenvalue weighted by molar-refractivity contribution is 5.81. The molecule has 1 aliphatic carbocycles. The topological polar surface area (TPSA) is 35.5 Å². The zero-order valence-corrected chi connectivity index (χ0v) is 12.6. The largest absolute Gasteiger partial charge is 0.493 e. The normalized spacial score (nSPS) is 19.2. The molecule has 110 valence electrons. The molecule has 0 N–H and O–H groups in total. The van der Waals surface area contributed by atoms with E-state index in [-0.39, 0.29) is 12.0 Å². The maximum absolute atomic E-state index is 11.9. The summed E-state index contributed by atoms with van der Waals surface area (Å²) in [6.45, 7) is 3.99. The van der Waals surface area contributed by atoms with Crippen LogP contribution in [0.4, 0.5) is 0 Å². The summed E-state index contributed by atoms with van der Waals surface area (Å²) >= 11 is 0. The number of methoxy groups -OCH3 is 1. The number of hydrogen-bond donors (Lipinski definition) is 0. The molecular formula is C17H24O3. The van der Waals surface area contributed by atoms with Crippen molar-refractivity contribution in [2.45, 2.75) is 52.1 Å². The minimum absolute atomic E-state index is 0.107. The summed E-state index contributed by atoms with van der Waals surface area (Å²) in [5, 5.41) is 0. The van der Waals surface area contributed by atoms with Gasteiger partial charge in [0.2, 0.25) is 0 Å². The average molecular weight is 276 g/mol. The van der Waals surface area contributed by atoms with Gasteiger partial charge in [-0.05, 0) is 50.8 Å². The van der Waals surface area contributed by atoms with Crippen molar-refractivity contribution in [2.75, 3.05) is 7.11 Å². The maximum Gasteiger partial charge on any atom is 0.161 e. The van der Waals surface area contributed by atoms with E-state index in [0.717, 1.165) is 42.7 Å². The predicted octanol–water partition coefficient (Wildman–Crippen LogP) is 3.78. The van der Waals surface area contributed by atoms with Crippen molar-refractivity contribution in [3.05, 3.63) is 23.8 Å². The van der Waals surface area contributed by atoms with Gasteiger partial charge in [0.15, 0.2) is 11.5 Å². The van der Waals surface area contributed by atoms with Crippen LogP contribution in [-0.2, 0) is 11.2 Å². The van der Waals surface area contributed by atoms with Crippen molar-refractivity contribution in [3.63, 3.8) is 0 Å². The Morgan fingerprint density at radius 1 is 1.25 bits per heavy atom. The van der Waals surface area contributed by atoms with E-state index in [4.69, 9.17) is 9.47 Å². The van der Waals surface area contributed by atoms with Crippen molar-refractivity contribution in [2.24, 2.45) is 5.92 Å². The lowest BCUT2D eigenvalue weighted by molar-refractivity contribution is -0.124. The Labute approximate surface area is 121 Å². The highest BCUT2D eigenvalue weighted by Crippen LogP contribution is 2.31. The molecule has 0 spiro atoms.